The molecule has 0 spiro atoms. The number of rotatable bonds is 4. The van der Waals surface area contributed by atoms with E-state index in [1.165, 1.54) is 9.69 Å². The predicted molar refractivity (Wildman–Crippen MR) is 136 cm³/mol. The molecule has 1 aliphatic heterocycles. The highest BCUT2D eigenvalue weighted by atomic mass is 127. The van der Waals surface area contributed by atoms with E-state index < -0.39 is 15.7 Å². The largest absolute Gasteiger partial charge is 0.284 e. The second-order valence-corrected chi connectivity index (χ2v) is 11.6. The molecule has 0 saturated carbocycles. The van der Waals surface area contributed by atoms with Crippen LogP contribution in [0, 0.1) is 10.1 Å². The molecule has 33 heavy (non-hydrogen) atoms. The molecule has 1 amide bonds. The van der Waals surface area contributed by atoms with E-state index in [0.29, 0.717) is 27.0 Å². The average molecular weight is 616 g/mol. The smallest absolute Gasteiger partial charge is 0.275 e. The monoisotopic (exact) mass is 615 g/mol. The average Bonchev–Trinajstić information content (AvgIpc) is 3.15. The molecule has 1 saturated heterocycles. The lowest BCUT2D eigenvalue weighted by Crippen LogP contribution is -2.50. The Bertz CT molecular complexity index is 1370. The van der Waals surface area contributed by atoms with Crippen molar-refractivity contribution in [2.24, 2.45) is 0 Å². The molecule has 1 aliphatic rings. The minimum Gasteiger partial charge on any atom is -0.284 e. The number of carbonyl (C=O) groups is 1. The van der Waals surface area contributed by atoms with Crippen LogP contribution in [-0.4, -0.2) is 53.7 Å². The molecule has 8 nitrogen and oxygen atoms in total. The lowest BCUT2D eigenvalue weighted by Gasteiger charge is -2.26. The highest BCUT2D eigenvalue weighted by Crippen LogP contribution is 2.38. The first kappa shape index (κ1) is 24.0. The Labute approximate surface area is 214 Å². The SMILES string of the molecule is [C-]#[N+]c1c(C(=O)NN2CCS(=O)(=O)CC2)nn(-c2ccc(Cl)cc2Cl)c1-c1ccc(I)cc1. The number of hydrogen-bond donors (Lipinski definition) is 1. The summed E-state index contributed by atoms with van der Waals surface area (Å²) >= 11 is 14.7. The van der Waals surface area contributed by atoms with Crippen LogP contribution in [0.3, 0.4) is 0 Å². The van der Waals surface area contributed by atoms with E-state index in [1.807, 2.05) is 24.3 Å². The molecule has 2 heterocycles. The summed E-state index contributed by atoms with van der Waals surface area (Å²) < 4.78 is 25.8. The van der Waals surface area contributed by atoms with Gasteiger partial charge in [-0.15, -0.1) is 0 Å². The minimum atomic E-state index is -3.10. The maximum absolute atomic E-state index is 13.1. The van der Waals surface area contributed by atoms with Crippen LogP contribution in [0.5, 0.6) is 0 Å². The number of nitrogens with zero attached hydrogens (tertiary/aromatic N) is 4. The number of nitrogens with one attached hydrogen (secondary N) is 1. The predicted octanol–water partition coefficient (Wildman–Crippen LogP) is 4.38. The molecule has 0 unspecified atom stereocenters. The molecule has 3 aromatic rings. The number of hydrogen-bond acceptors (Lipinski definition) is 5. The van der Waals surface area contributed by atoms with Gasteiger partial charge in [-0.3, -0.25) is 10.2 Å². The summed E-state index contributed by atoms with van der Waals surface area (Å²) in [4.78, 5) is 16.7. The molecule has 170 valence electrons. The Morgan fingerprint density at radius 1 is 1.12 bits per heavy atom. The zero-order valence-corrected chi connectivity index (χ0v) is 21.4. The van der Waals surface area contributed by atoms with Crippen molar-refractivity contribution in [1.29, 1.82) is 0 Å². The van der Waals surface area contributed by atoms with Crippen molar-refractivity contribution in [3.8, 4) is 16.9 Å². The number of amides is 1. The van der Waals surface area contributed by atoms with Crippen LogP contribution in [0.2, 0.25) is 10.0 Å². The van der Waals surface area contributed by atoms with Crippen molar-refractivity contribution in [1.82, 2.24) is 20.2 Å². The fraction of sp³-hybridized carbons (Fsp3) is 0.190. The maximum atomic E-state index is 13.1. The van der Waals surface area contributed by atoms with Crippen LogP contribution in [0.4, 0.5) is 5.69 Å². The molecular weight excluding hydrogens is 600 g/mol. The molecule has 4 rings (SSSR count). The Morgan fingerprint density at radius 2 is 1.79 bits per heavy atom. The van der Waals surface area contributed by atoms with Gasteiger partial charge in [-0.25, -0.2) is 23.0 Å². The summed E-state index contributed by atoms with van der Waals surface area (Å²) in [5.41, 5.74) is 4.21. The lowest BCUT2D eigenvalue weighted by atomic mass is 10.1. The molecule has 0 aliphatic carbocycles. The second-order valence-electron chi connectivity index (χ2n) is 7.25. The van der Waals surface area contributed by atoms with Gasteiger partial charge >= 0.3 is 0 Å². The number of hydrazine groups is 1. The van der Waals surface area contributed by atoms with Crippen LogP contribution in [0.1, 0.15) is 10.5 Å². The summed E-state index contributed by atoms with van der Waals surface area (Å²) in [7, 11) is -3.10. The molecule has 1 aromatic heterocycles. The van der Waals surface area contributed by atoms with Gasteiger partial charge in [-0.2, -0.15) is 5.10 Å². The van der Waals surface area contributed by atoms with Gasteiger partial charge in [0.15, 0.2) is 15.5 Å². The number of carbonyl (C=O) groups excluding carboxylic acids is 1. The molecule has 2 aromatic carbocycles. The summed E-state index contributed by atoms with van der Waals surface area (Å²) in [5.74, 6) is -0.701. The van der Waals surface area contributed by atoms with Gasteiger partial charge in [0.2, 0.25) is 5.69 Å². The van der Waals surface area contributed by atoms with E-state index in [4.69, 9.17) is 29.8 Å². The third-order valence-electron chi connectivity index (χ3n) is 5.05. The van der Waals surface area contributed by atoms with E-state index in [2.05, 4.69) is 38.0 Å². The summed E-state index contributed by atoms with van der Waals surface area (Å²) in [5, 5.41) is 6.72. The van der Waals surface area contributed by atoms with Gasteiger partial charge in [0.25, 0.3) is 5.91 Å². The van der Waals surface area contributed by atoms with E-state index in [9.17, 15) is 13.2 Å². The molecule has 12 heteroatoms. The van der Waals surface area contributed by atoms with Crippen LogP contribution in [0.15, 0.2) is 42.5 Å². The molecule has 1 N–H and O–H groups in total. The molecule has 1 fully saturated rings. The van der Waals surface area contributed by atoms with Crippen molar-refractivity contribution in [2.75, 3.05) is 24.6 Å². The van der Waals surface area contributed by atoms with Gasteiger partial charge in [0, 0.05) is 21.7 Å². The third-order valence-corrected chi connectivity index (χ3v) is 7.91. The highest BCUT2D eigenvalue weighted by Gasteiger charge is 2.29. The number of benzene rings is 2. The molecule has 0 atom stereocenters. The van der Waals surface area contributed by atoms with Gasteiger partial charge < -0.3 is 0 Å². The van der Waals surface area contributed by atoms with E-state index >= 15 is 0 Å². The normalized spacial score (nSPS) is 15.7. The number of sulfone groups is 1. The first-order valence-corrected chi connectivity index (χ1v) is 13.3. The van der Waals surface area contributed by atoms with Gasteiger partial charge in [0.05, 0.1) is 34.5 Å². The van der Waals surface area contributed by atoms with Crippen molar-refractivity contribution in [3.05, 3.63) is 73.2 Å². The van der Waals surface area contributed by atoms with Crippen molar-refractivity contribution in [2.45, 2.75) is 0 Å². The molecule has 0 radical (unpaired) electrons. The first-order chi connectivity index (χ1) is 15.7. The molecule has 0 bridgehead atoms. The fourth-order valence-corrected chi connectivity index (χ4v) is 5.43. The van der Waals surface area contributed by atoms with E-state index in [1.54, 1.807) is 18.2 Å². The number of aromatic nitrogens is 2. The quantitative estimate of drug-likeness (QED) is 0.348. The summed E-state index contributed by atoms with van der Waals surface area (Å²) in [6, 6.07) is 12.3. The highest BCUT2D eigenvalue weighted by molar-refractivity contribution is 14.1. The number of halogens is 3. The zero-order valence-electron chi connectivity index (χ0n) is 16.9. The third kappa shape index (κ3) is 5.17. The van der Waals surface area contributed by atoms with Crippen LogP contribution in [-0.2, 0) is 9.84 Å². The van der Waals surface area contributed by atoms with Crippen LogP contribution in [0.25, 0.3) is 21.8 Å². The van der Waals surface area contributed by atoms with Crippen molar-refractivity contribution in [3.63, 3.8) is 0 Å². The molecular formula is C21H16Cl2IN5O3S. The second kappa shape index (κ2) is 9.60. The van der Waals surface area contributed by atoms with E-state index in [0.717, 1.165) is 3.57 Å². The Morgan fingerprint density at radius 3 is 2.39 bits per heavy atom. The van der Waals surface area contributed by atoms with Gasteiger partial charge in [-0.1, -0.05) is 35.3 Å². The fourth-order valence-electron chi connectivity index (χ4n) is 3.38. The van der Waals surface area contributed by atoms with Gasteiger partial charge in [0.1, 0.15) is 0 Å². The van der Waals surface area contributed by atoms with Crippen LogP contribution >= 0.6 is 45.8 Å². The Kier molecular flexibility index (Phi) is 6.97. The zero-order chi connectivity index (χ0) is 23.8. The topological polar surface area (TPSA) is 88.7 Å². The first-order valence-electron chi connectivity index (χ1n) is 9.67. The van der Waals surface area contributed by atoms with E-state index in [-0.39, 0.29) is 36.0 Å². The lowest BCUT2D eigenvalue weighted by molar-refractivity contribution is 0.0797. The van der Waals surface area contributed by atoms with Crippen molar-refractivity contribution < 1.29 is 13.2 Å². The van der Waals surface area contributed by atoms with Gasteiger partial charge in [-0.05, 0) is 58.5 Å². The maximum Gasteiger partial charge on any atom is 0.275 e. The Balaban J connectivity index is 1.80. The Hall–Kier alpha value is -2.17. The van der Waals surface area contributed by atoms with Crippen LogP contribution < -0.4 is 5.43 Å². The van der Waals surface area contributed by atoms with Crippen molar-refractivity contribution >= 4 is 67.2 Å². The summed E-state index contributed by atoms with van der Waals surface area (Å²) in [6.07, 6.45) is 0. The standard InChI is InChI=1S/C21H16Cl2IN5O3S/c1-25-18-19(21(30)27-28-8-10-33(31,32)11-9-28)26-29(17-7-4-14(22)12-16(17)23)20(18)13-2-5-15(24)6-3-13/h2-7,12H,8-11H2,(H,27,30). The summed E-state index contributed by atoms with van der Waals surface area (Å²) in [6.45, 7) is 8.11. The minimum absolute atomic E-state index is 0.0499.